The second kappa shape index (κ2) is 9.01. The van der Waals surface area contributed by atoms with Crippen LogP contribution in [0.1, 0.15) is 12.8 Å². The fraction of sp³-hybridized carbons (Fsp3) is 0.316. The lowest BCUT2D eigenvalue weighted by molar-refractivity contribution is -0.129. The monoisotopic (exact) mass is 474 g/mol. The van der Waals surface area contributed by atoms with Gasteiger partial charge in [0.05, 0.1) is 15.0 Å². The molecule has 1 fully saturated rings. The minimum Gasteiger partial charge on any atom is -0.341 e. The Morgan fingerprint density at radius 3 is 2.47 bits per heavy atom. The third kappa shape index (κ3) is 5.18. The van der Waals surface area contributed by atoms with Crippen molar-refractivity contribution in [1.29, 1.82) is 0 Å². The molecule has 7 nitrogen and oxygen atoms in total. The topological polar surface area (TPSA) is 101 Å². The first kappa shape index (κ1) is 22.7. The highest BCUT2D eigenvalue weighted by Crippen LogP contribution is 2.25. The van der Waals surface area contributed by atoms with Crippen molar-refractivity contribution in [2.75, 3.05) is 19.6 Å². The Bertz CT molecular complexity index is 1140. The van der Waals surface area contributed by atoms with Crippen LogP contribution in [0.2, 0.25) is 5.02 Å². The molecule has 162 valence electrons. The maximum atomic E-state index is 13.2. The van der Waals surface area contributed by atoms with Gasteiger partial charge in [0, 0.05) is 31.1 Å². The number of halogens is 2. The molecule has 1 unspecified atom stereocenters. The number of carbonyl (C=O) groups excluding carboxylic acids is 1. The number of nitrogens with one attached hydrogen (secondary N) is 1. The highest BCUT2D eigenvalue weighted by atomic mass is 35.5. The van der Waals surface area contributed by atoms with E-state index >= 15 is 0 Å². The van der Waals surface area contributed by atoms with Gasteiger partial charge in [-0.2, -0.15) is 0 Å². The number of sulfonamides is 1. The summed E-state index contributed by atoms with van der Waals surface area (Å²) in [5, 5.41) is -0.301. The van der Waals surface area contributed by atoms with Crippen molar-refractivity contribution in [3.63, 3.8) is 0 Å². The quantitative estimate of drug-likeness (QED) is 0.663. The molecule has 1 N–H and O–H groups in total. The summed E-state index contributed by atoms with van der Waals surface area (Å²) in [6.45, 7) is 0.135. The summed E-state index contributed by atoms with van der Waals surface area (Å²) in [7, 11) is -7.55. The summed E-state index contributed by atoms with van der Waals surface area (Å²) in [5.41, 5.74) is 0. The molecule has 1 aliphatic heterocycles. The van der Waals surface area contributed by atoms with Gasteiger partial charge in [0.2, 0.25) is 15.9 Å². The lowest BCUT2D eigenvalue weighted by Gasteiger charge is -2.17. The number of sulfone groups is 1. The smallest absolute Gasteiger partial charge is 0.240 e. The normalized spacial score (nSPS) is 17.3. The van der Waals surface area contributed by atoms with Crippen LogP contribution in [0.15, 0.2) is 58.3 Å². The van der Waals surface area contributed by atoms with Crippen molar-refractivity contribution in [2.24, 2.45) is 0 Å². The molecule has 2 aromatic rings. The van der Waals surface area contributed by atoms with Gasteiger partial charge in [-0.25, -0.2) is 25.9 Å². The van der Waals surface area contributed by atoms with Crippen molar-refractivity contribution in [3.05, 3.63) is 59.4 Å². The fourth-order valence-electron chi connectivity index (χ4n) is 3.19. The Morgan fingerprint density at radius 1 is 1.10 bits per heavy atom. The Kier molecular flexibility index (Phi) is 6.81. The molecule has 0 aromatic heterocycles. The minimum atomic E-state index is -3.94. The van der Waals surface area contributed by atoms with Crippen molar-refractivity contribution in [2.45, 2.75) is 27.9 Å². The zero-order valence-electron chi connectivity index (χ0n) is 15.8. The van der Waals surface area contributed by atoms with Crippen LogP contribution in [-0.4, -0.2) is 52.5 Å². The van der Waals surface area contributed by atoms with Gasteiger partial charge in [0.25, 0.3) is 0 Å². The summed E-state index contributed by atoms with van der Waals surface area (Å²) in [4.78, 5) is 13.7. The molecular weight excluding hydrogens is 455 g/mol. The van der Waals surface area contributed by atoms with Crippen LogP contribution in [0, 0.1) is 5.82 Å². The number of carbonyl (C=O) groups is 1. The highest BCUT2D eigenvalue weighted by molar-refractivity contribution is 7.92. The fourth-order valence-corrected chi connectivity index (χ4v) is 6.07. The minimum absolute atomic E-state index is 0.0421. The Balaban J connectivity index is 1.55. The average Bonchev–Trinajstić information content (AvgIpc) is 3.19. The molecule has 1 amide bonds. The second-order valence-corrected chi connectivity index (χ2v) is 11.3. The van der Waals surface area contributed by atoms with E-state index in [1.54, 1.807) is 0 Å². The summed E-state index contributed by atoms with van der Waals surface area (Å²) >= 11 is 5.80. The number of hydrogen-bond acceptors (Lipinski definition) is 5. The van der Waals surface area contributed by atoms with E-state index in [4.69, 9.17) is 11.6 Å². The van der Waals surface area contributed by atoms with Gasteiger partial charge in [-0.05, 0) is 48.9 Å². The predicted octanol–water partition coefficient (Wildman–Crippen LogP) is 2.22. The highest BCUT2D eigenvalue weighted by Gasteiger charge is 2.36. The number of hydrogen-bond donors (Lipinski definition) is 1. The van der Waals surface area contributed by atoms with Crippen molar-refractivity contribution in [3.8, 4) is 0 Å². The van der Waals surface area contributed by atoms with Crippen molar-refractivity contribution < 1.29 is 26.0 Å². The zero-order chi connectivity index (χ0) is 21.9. The molecular formula is C19H20ClFN2O5S2. The molecule has 0 radical (unpaired) electrons. The van der Waals surface area contributed by atoms with E-state index in [1.165, 1.54) is 41.3 Å². The van der Waals surface area contributed by atoms with Crippen LogP contribution >= 0.6 is 11.6 Å². The molecule has 1 aliphatic rings. The first-order valence-electron chi connectivity index (χ1n) is 9.12. The van der Waals surface area contributed by atoms with Crippen molar-refractivity contribution in [1.82, 2.24) is 9.62 Å². The molecule has 1 saturated heterocycles. The third-order valence-corrected chi connectivity index (χ3v) is 8.72. The third-order valence-electron chi connectivity index (χ3n) is 4.82. The van der Waals surface area contributed by atoms with Gasteiger partial charge in [0.1, 0.15) is 5.82 Å². The first-order chi connectivity index (χ1) is 14.1. The van der Waals surface area contributed by atoms with Crippen LogP contribution in [0.3, 0.4) is 0 Å². The summed E-state index contributed by atoms with van der Waals surface area (Å²) < 4.78 is 65.3. The van der Waals surface area contributed by atoms with E-state index in [1.807, 2.05) is 0 Å². The number of benzene rings is 2. The van der Waals surface area contributed by atoms with Crippen LogP contribution in [0.5, 0.6) is 0 Å². The molecule has 3 rings (SSSR count). The predicted molar refractivity (Wildman–Crippen MR) is 110 cm³/mol. The largest absolute Gasteiger partial charge is 0.341 e. The van der Waals surface area contributed by atoms with Crippen LogP contribution in [0.25, 0.3) is 0 Å². The van der Waals surface area contributed by atoms with E-state index < -0.39 is 30.9 Å². The molecule has 11 heteroatoms. The summed E-state index contributed by atoms with van der Waals surface area (Å²) in [6.07, 6.45) is 0.161. The standard InChI is InChI=1S/C19H20ClFN2O5S2/c20-14-4-6-16(7-5-14)29(25,26)18-9-11-23(13-18)19(24)8-10-22-30(27,28)17-3-1-2-15(21)12-17/h1-7,12,18,22H,8-11,13H2. The average molecular weight is 475 g/mol. The zero-order valence-corrected chi connectivity index (χ0v) is 18.2. The molecule has 0 bridgehead atoms. The van der Waals surface area contributed by atoms with E-state index in [0.29, 0.717) is 11.4 Å². The van der Waals surface area contributed by atoms with Crippen molar-refractivity contribution >= 4 is 37.4 Å². The lowest BCUT2D eigenvalue weighted by atomic mass is 10.4. The number of likely N-dealkylation sites (tertiary alicyclic amines) is 1. The summed E-state index contributed by atoms with van der Waals surface area (Å²) in [5.74, 6) is -1.04. The second-order valence-electron chi connectivity index (χ2n) is 6.85. The van der Waals surface area contributed by atoms with Gasteiger partial charge in [-0.1, -0.05) is 17.7 Å². The molecule has 2 aromatic carbocycles. The molecule has 0 aliphatic carbocycles. The van der Waals surface area contributed by atoms with Gasteiger partial charge < -0.3 is 4.90 Å². The van der Waals surface area contributed by atoms with Crippen LogP contribution in [0.4, 0.5) is 4.39 Å². The number of rotatable bonds is 7. The molecule has 1 atom stereocenters. The first-order valence-corrected chi connectivity index (χ1v) is 12.5. The number of nitrogens with zero attached hydrogens (tertiary/aromatic N) is 1. The molecule has 30 heavy (non-hydrogen) atoms. The van der Waals surface area contributed by atoms with E-state index in [2.05, 4.69) is 4.72 Å². The van der Waals surface area contributed by atoms with E-state index in [9.17, 15) is 26.0 Å². The Morgan fingerprint density at radius 2 is 1.80 bits per heavy atom. The Labute approximate surface area is 179 Å². The van der Waals surface area contributed by atoms with Gasteiger partial charge in [-0.3, -0.25) is 4.79 Å². The van der Waals surface area contributed by atoms with Gasteiger partial charge in [0.15, 0.2) is 9.84 Å². The van der Waals surface area contributed by atoms with Gasteiger partial charge >= 0.3 is 0 Å². The maximum Gasteiger partial charge on any atom is 0.240 e. The van der Waals surface area contributed by atoms with E-state index in [0.717, 1.165) is 12.1 Å². The Hall–Kier alpha value is -2.01. The van der Waals surface area contributed by atoms with E-state index in [-0.39, 0.29) is 41.8 Å². The lowest BCUT2D eigenvalue weighted by Crippen LogP contribution is -2.34. The molecule has 0 saturated carbocycles. The maximum absolute atomic E-state index is 13.2. The molecule has 1 heterocycles. The van der Waals surface area contributed by atoms with Gasteiger partial charge in [-0.15, -0.1) is 0 Å². The molecule has 0 spiro atoms. The number of amides is 1. The SMILES string of the molecule is O=C(CCNS(=O)(=O)c1cccc(F)c1)N1CCC(S(=O)(=O)c2ccc(Cl)cc2)C1. The summed E-state index contributed by atoms with van der Waals surface area (Å²) in [6, 6.07) is 10.4. The van der Waals surface area contributed by atoms with Crippen LogP contribution in [-0.2, 0) is 24.7 Å². The van der Waals surface area contributed by atoms with Crippen LogP contribution < -0.4 is 4.72 Å².